The summed E-state index contributed by atoms with van der Waals surface area (Å²) in [6, 6.07) is 8.28. The van der Waals surface area contributed by atoms with E-state index in [1.54, 1.807) is 7.11 Å². The van der Waals surface area contributed by atoms with E-state index >= 15 is 0 Å². The minimum Gasteiger partial charge on any atom is -0.497 e. The number of methoxy groups -OCH3 is 1. The lowest BCUT2D eigenvalue weighted by atomic mass is 10.0. The van der Waals surface area contributed by atoms with E-state index in [4.69, 9.17) is 4.74 Å². The minimum absolute atomic E-state index is 0.195. The van der Waals surface area contributed by atoms with Crippen LogP contribution in [0.25, 0.3) is 0 Å². The van der Waals surface area contributed by atoms with Crippen molar-refractivity contribution in [3.63, 3.8) is 0 Å². The van der Waals surface area contributed by atoms with Crippen molar-refractivity contribution in [1.82, 2.24) is 14.9 Å². The van der Waals surface area contributed by atoms with Gasteiger partial charge in [-0.05, 0) is 42.7 Å². The fraction of sp³-hybridized carbons (Fsp3) is 0.333. The molecular weight excluding hydrogens is 234 g/mol. The van der Waals surface area contributed by atoms with Gasteiger partial charge in [0.2, 0.25) is 0 Å². The molecule has 1 atom stereocenters. The van der Waals surface area contributed by atoms with Crippen LogP contribution in [-0.4, -0.2) is 23.7 Å². The minimum atomic E-state index is 0.195. The Morgan fingerprint density at radius 1 is 1.47 bits per heavy atom. The zero-order valence-corrected chi connectivity index (χ0v) is 10.7. The molecule has 0 spiro atoms. The normalized spacial score (nSPS) is 12.4. The van der Waals surface area contributed by atoms with Gasteiger partial charge in [0.15, 0.2) is 0 Å². The lowest BCUT2D eigenvalue weighted by Crippen LogP contribution is -2.19. The van der Waals surface area contributed by atoms with Crippen LogP contribution in [0.2, 0.25) is 0 Å². The molecule has 1 N–H and O–H groups in total. The van der Waals surface area contributed by atoms with E-state index < -0.39 is 0 Å². The second-order valence-corrected chi connectivity index (χ2v) is 4.34. The molecule has 1 aromatic carbocycles. The van der Waals surface area contributed by atoms with Gasteiger partial charge in [-0.1, -0.05) is 16.6 Å². The van der Waals surface area contributed by atoms with Crippen LogP contribution in [0, 0.1) is 0 Å². The zero-order chi connectivity index (χ0) is 12.1. The summed E-state index contributed by atoms with van der Waals surface area (Å²) < 4.78 is 9.11. The maximum Gasteiger partial charge on any atom is 0.119 e. The van der Waals surface area contributed by atoms with Crippen LogP contribution in [0.1, 0.15) is 17.3 Å². The molecule has 0 amide bonds. The summed E-state index contributed by atoms with van der Waals surface area (Å²) in [6.45, 7) is 0. The maximum atomic E-state index is 5.21. The first-order chi connectivity index (χ1) is 8.33. The van der Waals surface area contributed by atoms with Crippen LogP contribution in [0.4, 0.5) is 0 Å². The summed E-state index contributed by atoms with van der Waals surface area (Å²) in [6.07, 6.45) is 0.874. The molecule has 17 heavy (non-hydrogen) atoms. The molecule has 0 saturated carbocycles. The monoisotopic (exact) mass is 249 g/mol. The fourth-order valence-corrected chi connectivity index (χ4v) is 2.22. The Labute approximate surface area is 105 Å². The van der Waals surface area contributed by atoms with Gasteiger partial charge in [0, 0.05) is 5.38 Å². The molecule has 2 aromatic rings. The van der Waals surface area contributed by atoms with Gasteiger partial charge in [0.1, 0.15) is 5.75 Å². The molecule has 1 aromatic heterocycles. The molecule has 4 nitrogen and oxygen atoms in total. The van der Waals surface area contributed by atoms with E-state index in [1.165, 1.54) is 17.1 Å². The molecule has 5 heteroatoms. The quantitative estimate of drug-likeness (QED) is 0.881. The van der Waals surface area contributed by atoms with Crippen molar-refractivity contribution in [1.29, 1.82) is 0 Å². The van der Waals surface area contributed by atoms with Gasteiger partial charge in [-0.15, -0.1) is 5.10 Å². The van der Waals surface area contributed by atoms with Crippen molar-refractivity contribution in [2.75, 3.05) is 14.2 Å². The Hall–Kier alpha value is -1.46. The third-order valence-corrected chi connectivity index (χ3v) is 3.18. The lowest BCUT2D eigenvalue weighted by Gasteiger charge is -2.13. The number of hydrogen-bond donors (Lipinski definition) is 1. The van der Waals surface area contributed by atoms with Crippen molar-refractivity contribution in [3.8, 4) is 5.75 Å². The topological polar surface area (TPSA) is 47.0 Å². The van der Waals surface area contributed by atoms with E-state index in [0.717, 1.165) is 17.9 Å². The largest absolute Gasteiger partial charge is 0.497 e. The summed E-state index contributed by atoms with van der Waals surface area (Å²) in [5.41, 5.74) is 2.21. The van der Waals surface area contributed by atoms with Gasteiger partial charge in [0.05, 0.1) is 18.8 Å². The molecule has 0 aliphatic heterocycles. The van der Waals surface area contributed by atoms with Crippen LogP contribution < -0.4 is 10.1 Å². The van der Waals surface area contributed by atoms with Crippen LogP contribution in [0.5, 0.6) is 5.75 Å². The summed E-state index contributed by atoms with van der Waals surface area (Å²) in [5.74, 6) is 0.883. The molecule has 90 valence electrons. The average molecular weight is 249 g/mol. The number of rotatable bonds is 5. The number of nitrogens with zero attached hydrogens (tertiary/aromatic N) is 2. The predicted molar refractivity (Wildman–Crippen MR) is 68.4 cm³/mol. The highest BCUT2D eigenvalue weighted by Crippen LogP contribution is 2.20. The van der Waals surface area contributed by atoms with E-state index in [-0.39, 0.29) is 6.04 Å². The van der Waals surface area contributed by atoms with Gasteiger partial charge in [-0.25, -0.2) is 0 Å². The standard InChI is InChI=1S/C12H15N3OS/c1-13-11(12-8-17-15-14-12)7-9-4-3-5-10(6-9)16-2/h3-6,8,11,13H,7H2,1-2H3. The van der Waals surface area contributed by atoms with Crippen molar-refractivity contribution in [2.45, 2.75) is 12.5 Å². The second-order valence-electron chi connectivity index (χ2n) is 3.73. The van der Waals surface area contributed by atoms with E-state index in [2.05, 4.69) is 21.0 Å². The molecule has 1 unspecified atom stereocenters. The summed E-state index contributed by atoms with van der Waals surface area (Å²) >= 11 is 1.38. The molecule has 0 fully saturated rings. The Morgan fingerprint density at radius 2 is 2.35 bits per heavy atom. The zero-order valence-electron chi connectivity index (χ0n) is 9.88. The lowest BCUT2D eigenvalue weighted by molar-refractivity contribution is 0.414. The van der Waals surface area contributed by atoms with Gasteiger partial charge in [0.25, 0.3) is 0 Å². The summed E-state index contributed by atoms with van der Waals surface area (Å²) in [7, 11) is 3.61. The highest BCUT2D eigenvalue weighted by molar-refractivity contribution is 7.03. The van der Waals surface area contributed by atoms with Crippen molar-refractivity contribution >= 4 is 11.5 Å². The number of ether oxygens (including phenoxy) is 1. The predicted octanol–water partition coefficient (Wildman–Crippen LogP) is 2.05. The van der Waals surface area contributed by atoms with Gasteiger partial charge >= 0.3 is 0 Å². The van der Waals surface area contributed by atoms with E-state index in [9.17, 15) is 0 Å². The third-order valence-electron chi connectivity index (χ3n) is 2.66. The van der Waals surface area contributed by atoms with E-state index in [1.807, 2.05) is 30.6 Å². The Kier molecular flexibility index (Phi) is 4.06. The first kappa shape index (κ1) is 12.0. The molecule has 2 rings (SSSR count). The van der Waals surface area contributed by atoms with Crippen LogP contribution in [-0.2, 0) is 6.42 Å². The van der Waals surface area contributed by atoms with E-state index in [0.29, 0.717) is 0 Å². The van der Waals surface area contributed by atoms with Gasteiger partial charge in [-0.3, -0.25) is 0 Å². The van der Waals surface area contributed by atoms with Crippen LogP contribution >= 0.6 is 11.5 Å². The Balaban J connectivity index is 2.13. The Morgan fingerprint density at radius 3 is 3.00 bits per heavy atom. The number of hydrogen-bond acceptors (Lipinski definition) is 5. The van der Waals surface area contributed by atoms with Crippen LogP contribution in [0.15, 0.2) is 29.6 Å². The highest BCUT2D eigenvalue weighted by Gasteiger charge is 2.13. The Bertz CT molecular complexity index is 459. The first-order valence-corrected chi connectivity index (χ1v) is 6.24. The number of likely N-dealkylation sites (N-methyl/N-ethyl adjacent to an activating group) is 1. The fourth-order valence-electron chi connectivity index (χ4n) is 1.71. The molecule has 0 bridgehead atoms. The van der Waals surface area contributed by atoms with Crippen molar-refractivity contribution in [2.24, 2.45) is 0 Å². The summed E-state index contributed by atoms with van der Waals surface area (Å²) in [4.78, 5) is 0. The first-order valence-electron chi connectivity index (χ1n) is 5.40. The SMILES string of the molecule is CNC(Cc1cccc(OC)c1)c1csnn1. The molecule has 0 radical (unpaired) electrons. The third kappa shape index (κ3) is 3.01. The molecule has 0 aliphatic carbocycles. The molecule has 0 saturated heterocycles. The van der Waals surface area contributed by atoms with Crippen molar-refractivity contribution in [3.05, 3.63) is 40.9 Å². The average Bonchev–Trinajstić information content (AvgIpc) is 2.90. The van der Waals surface area contributed by atoms with Gasteiger partial charge < -0.3 is 10.1 Å². The van der Waals surface area contributed by atoms with Crippen LogP contribution in [0.3, 0.4) is 0 Å². The molecular formula is C12H15N3OS. The van der Waals surface area contributed by atoms with Crippen molar-refractivity contribution < 1.29 is 4.74 Å². The second kappa shape index (κ2) is 5.75. The summed E-state index contributed by atoms with van der Waals surface area (Å²) in [5, 5.41) is 9.33. The number of aromatic nitrogens is 2. The smallest absolute Gasteiger partial charge is 0.119 e. The number of benzene rings is 1. The highest BCUT2D eigenvalue weighted by atomic mass is 32.1. The number of nitrogens with one attached hydrogen (secondary N) is 1. The molecule has 0 aliphatic rings. The molecule has 1 heterocycles. The van der Waals surface area contributed by atoms with Gasteiger partial charge in [-0.2, -0.15) is 0 Å². The maximum absolute atomic E-state index is 5.21.